The summed E-state index contributed by atoms with van der Waals surface area (Å²) in [5.41, 5.74) is 3.91. The van der Waals surface area contributed by atoms with E-state index in [0.717, 1.165) is 9.13 Å². The van der Waals surface area contributed by atoms with E-state index < -0.39 is 35.2 Å². The number of nitrogens with two attached hydrogens (primary N) is 1. The fraction of sp³-hybridized carbons (Fsp3) is 0.333. The molecule has 0 amide bonds. The first kappa shape index (κ1) is 21.7. The second kappa shape index (κ2) is 8.62. The highest BCUT2D eigenvalue weighted by atomic mass is 35.5. The van der Waals surface area contributed by atoms with E-state index in [9.17, 15) is 19.2 Å². The molecule has 2 aromatic rings. The Morgan fingerprint density at radius 3 is 2.25 bits per heavy atom. The number of nitrogens with zero attached hydrogens (tertiary/aromatic N) is 2. The van der Waals surface area contributed by atoms with Gasteiger partial charge in [-0.05, 0) is 18.1 Å². The van der Waals surface area contributed by atoms with Crippen LogP contribution in [0.4, 0.5) is 5.82 Å². The molecule has 8 nitrogen and oxygen atoms in total. The van der Waals surface area contributed by atoms with E-state index in [-0.39, 0.29) is 33.9 Å². The summed E-state index contributed by atoms with van der Waals surface area (Å²) in [7, 11) is 1.24. The number of anilines is 1. The van der Waals surface area contributed by atoms with Crippen LogP contribution in [0.15, 0.2) is 27.8 Å². The van der Waals surface area contributed by atoms with E-state index in [1.54, 1.807) is 6.07 Å². The standard InChI is InChI=1S/C18H19Cl2N3O5/c1-9(2)7-23-15(21)14(16(25)22(3)18(23)27)12(24)8-28-17(26)13-10(19)5-4-6-11(13)20/h4-6,9H,7-8,21H2,1-3H3. The van der Waals surface area contributed by atoms with Crippen molar-refractivity contribution < 1.29 is 14.3 Å². The summed E-state index contributed by atoms with van der Waals surface area (Å²) < 4.78 is 6.89. The van der Waals surface area contributed by atoms with Crippen LogP contribution in [0.1, 0.15) is 34.6 Å². The van der Waals surface area contributed by atoms with Crippen molar-refractivity contribution in [3.8, 4) is 0 Å². The smallest absolute Gasteiger partial charge is 0.341 e. The molecule has 28 heavy (non-hydrogen) atoms. The Hall–Kier alpha value is -2.58. The van der Waals surface area contributed by atoms with Crippen LogP contribution >= 0.6 is 23.2 Å². The predicted molar refractivity (Wildman–Crippen MR) is 106 cm³/mol. The van der Waals surface area contributed by atoms with Gasteiger partial charge < -0.3 is 10.5 Å². The summed E-state index contributed by atoms with van der Waals surface area (Å²) in [6.07, 6.45) is 0. The van der Waals surface area contributed by atoms with Gasteiger partial charge in [0.05, 0.1) is 15.6 Å². The molecule has 0 aliphatic heterocycles. The molecule has 10 heteroatoms. The number of ether oxygens (including phenoxy) is 1. The summed E-state index contributed by atoms with van der Waals surface area (Å²) in [6.45, 7) is 3.16. The minimum Gasteiger partial charge on any atom is -0.454 e. The van der Waals surface area contributed by atoms with Gasteiger partial charge in [-0.2, -0.15) is 0 Å². The zero-order chi connectivity index (χ0) is 21.2. The molecule has 0 saturated heterocycles. The third-order valence-corrected chi connectivity index (χ3v) is 4.54. The fourth-order valence-electron chi connectivity index (χ4n) is 2.56. The fourth-order valence-corrected chi connectivity index (χ4v) is 3.11. The van der Waals surface area contributed by atoms with Gasteiger partial charge >= 0.3 is 11.7 Å². The number of Topliss-reactive ketones (excluding diaryl/α,β-unsaturated/α-hetero) is 1. The van der Waals surface area contributed by atoms with Gasteiger partial charge in [0.25, 0.3) is 5.56 Å². The van der Waals surface area contributed by atoms with Crippen molar-refractivity contribution in [3.63, 3.8) is 0 Å². The van der Waals surface area contributed by atoms with Gasteiger partial charge in [0, 0.05) is 13.6 Å². The number of carbonyl (C=O) groups excluding carboxylic acids is 2. The molecule has 1 heterocycles. The number of nitrogen functional groups attached to an aromatic ring is 1. The maximum Gasteiger partial charge on any atom is 0.341 e. The molecule has 0 radical (unpaired) electrons. The Balaban J connectivity index is 2.35. The molecule has 0 aliphatic carbocycles. The van der Waals surface area contributed by atoms with Crippen LogP contribution in [0.5, 0.6) is 0 Å². The summed E-state index contributed by atoms with van der Waals surface area (Å²) in [6, 6.07) is 4.44. The minimum atomic E-state index is -0.921. The van der Waals surface area contributed by atoms with Gasteiger partial charge in [-0.25, -0.2) is 9.59 Å². The summed E-state index contributed by atoms with van der Waals surface area (Å²) in [5.74, 6) is -1.98. The molecule has 2 N–H and O–H groups in total. The average molecular weight is 428 g/mol. The Labute approximate surface area is 170 Å². The van der Waals surface area contributed by atoms with Crippen LogP contribution < -0.4 is 17.0 Å². The number of halogens is 2. The van der Waals surface area contributed by atoms with E-state index >= 15 is 0 Å². The molecule has 0 atom stereocenters. The predicted octanol–water partition coefficient (Wildman–Crippen LogP) is 2.13. The Morgan fingerprint density at radius 1 is 1.14 bits per heavy atom. The van der Waals surface area contributed by atoms with E-state index in [2.05, 4.69) is 0 Å². The van der Waals surface area contributed by atoms with Crippen LogP contribution in [-0.2, 0) is 18.3 Å². The Morgan fingerprint density at radius 2 is 1.71 bits per heavy atom. The highest BCUT2D eigenvalue weighted by molar-refractivity contribution is 6.39. The highest BCUT2D eigenvalue weighted by Crippen LogP contribution is 2.25. The topological polar surface area (TPSA) is 113 Å². The SMILES string of the molecule is CC(C)Cn1c(N)c(C(=O)COC(=O)c2c(Cl)cccc2Cl)c(=O)n(C)c1=O. The normalized spacial score (nSPS) is 10.9. The first-order valence-corrected chi connectivity index (χ1v) is 9.05. The molecule has 0 aliphatic rings. The molecule has 0 fully saturated rings. The van der Waals surface area contributed by atoms with Crippen molar-refractivity contribution in [1.29, 1.82) is 0 Å². The zero-order valence-electron chi connectivity index (χ0n) is 15.5. The first-order chi connectivity index (χ1) is 13.1. The number of aromatic nitrogens is 2. The van der Waals surface area contributed by atoms with E-state index in [4.69, 9.17) is 33.7 Å². The quantitative estimate of drug-likeness (QED) is 0.557. The van der Waals surface area contributed by atoms with Gasteiger partial charge in [0.2, 0.25) is 5.78 Å². The molecule has 0 saturated carbocycles. The Bertz CT molecular complexity index is 1040. The monoisotopic (exact) mass is 427 g/mol. The molecule has 150 valence electrons. The summed E-state index contributed by atoms with van der Waals surface area (Å²) >= 11 is 11.9. The van der Waals surface area contributed by atoms with Crippen molar-refractivity contribution in [3.05, 3.63) is 60.2 Å². The van der Waals surface area contributed by atoms with Crippen molar-refractivity contribution in [2.45, 2.75) is 20.4 Å². The number of carbonyl (C=O) groups is 2. The molecular formula is C18H19Cl2N3O5. The second-order valence-corrected chi connectivity index (χ2v) is 7.32. The van der Waals surface area contributed by atoms with Crippen LogP contribution in [0, 0.1) is 5.92 Å². The number of ketones is 1. The minimum absolute atomic E-state index is 0.0423. The molecule has 0 bridgehead atoms. The van der Waals surface area contributed by atoms with E-state index in [0.29, 0.717) is 0 Å². The van der Waals surface area contributed by atoms with Crippen molar-refractivity contribution in [1.82, 2.24) is 9.13 Å². The number of hydrogen-bond donors (Lipinski definition) is 1. The van der Waals surface area contributed by atoms with Crippen LogP contribution in [0.25, 0.3) is 0 Å². The molecule has 2 rings (SSSR count). The van der Waals surface area contributed by atoms with Gasteiger partial charge in [0.1, 0.15) is 11.4 Å². The number of rotatable bonds is 6. The highest BCUT2D eigenvalue weighted by Gasteiger charge is 2.24. The number of hydrogen-bond acceptors (Lipinski definition) is 6. The van der Waals surface area contributed by atoms with Gasteiger partial charge in [-0.1, -0.05) is 43.1 Å². The number of benzene rings is 1. The van der Waals surface area contributed by atoms with Crippen molar-refractivity contribution in [2.24, 2.45) is 13.0 Å². The van der Waals surface area contributed by atoms with Crippen molar-refractivity contribution >= 4 is 40.8 Å². The summed E-state index contributed by atoms with van der Waals surface area (Å²) in [5, 5.41) is 0.122. The lowest BCUT2D eigenvalue weighted by atomic mass is 10.1. The Kier molecular flexibility index (Phi) is 6.69. The number of esters is 1. The lowest BCUT2D eigenvalue weighted by Crippen LogP contribution is -2.43. The largest absolute Gasteiger partial charge is 0.454 e. The zero-order valence-corrected chi connectivity index (χ0v) is 17.0. The third kappa shape index (κ3) is 4.28. The van der Waals surface area contributed by atoms with Gasteiger partial charge in [-0.3, -0.25) is 18.7 Å². The molecule has 1 aromatic carbocycles. The van der Waals surface area contributed by atoms with E-state index in [1.165, 1.54) is 19.2 Å². The third-order valence-electron chi connectivity index (χ3n) is 3.91. The van der Waals surface area contributed by atoms with Crippen LogP contribution in [-0.4, -0.2) is 27.5 Å². The molecule has 0 spiro atoms. The average Bonchev–Trinajstić information content (AvgIpc) is 2.61. The lowest BCUT2D eigenvalue weighted by molar-refractivity contribution is 0.0474. The molecule has 1 aromatic heterocycles. The molecular weight excluding hydrogens is 409 g/mol. The maximum atomic E-state index is 12.5. The van der Waals surface area contributed by atoms with E-state index in [1.807, 2.05) is 13.8 Å². The van der Waals surface area contributed by atoms with Crippen molar-refractivity contribution in [2.75, 3.05) is 12.3 Å². The second-order valence-electron chi connectivity index (χ2n) is 6.51. The van der Waals surface area contributed by atoms with Gasteiger partial charge in [-0.15, -0.1) is 0 Å². The van der Waals surface area contributed by atoms with Crippen LogP contribution in [0.3, 0.4) is 0 Å². The lowest BCUT2D eigenvalue weighted by Gasteiger charge is -2.16. The molecule has 0 unspecified atom stereocenters. The summed E-state index contributed by atoms with van der Waals surface area (Å²) in [4.78, 5) is 49.4. The van der Waals surface area contributed by atoms with Crippen LogP contribution in [0.2, 0.25) is 10.0 Å². The maximum absolute atomic E-state index is 12.5. The first-order valence-electron chi connectivity index (χ1n) is 8.29. The van der Waals surface area contributed by atoms with Gasteiger partial charge in [0.15, 0.2) is 6.61 Å².